The summed E-state index contributed by atoms with van der Waals surface area (Å²) in [7, 11) is 0. The highest BCUT2D eigenvalue weighted by Gasteiger charge is 2.55. The quantitative estimate of drug-likeness (QED) is 0.621. The number of rotatable bonds is 5. The molecule has 168 valence electrons. The highest BCUT2D eigenvalue weighted by molar-refractivity contribution is 5.88. The van der Waals surface area contributed by atoms with Crippen LogP contribution >= 0.6 is 0 Å². The third-order valence-electron chi connectivity index (χ3n) is 7.93. The maximum Gasteiger partial charge on any atom is 0.354 e. The zero-order chi connectivity index (χ0) is 22.0. The molecule has 0 radical (unpaired) electrons. The Morgan fingerprint density at radius 2 is 1.72 bits per heavy atom. The van der Waals surface area contributed by atoms with E-state index in [2.05, 4.69) is 27.3 Å². The van der Waals surface area contributed by atoms with E-state index >= 15 is 0 Å². The monoisotopic (exact) mass is 435 g/mol. The Morgan fingerprint density at radius 1 is 1.03 bits per heavy atom. The van der Waals surface area contributed by atoms with Gasteiger partial charge in [0.05, 0.1) is 5.69 Å². The van der Waals surface area contributed by atoms with E-state index in [9.17, 15) is 9.59 Å². The van der Waals surface area contributed by atoms with Gasteiger partial charge in [0.2, 0.25) is 0 Å². The van der Waals surface area contributed by atoms with Crippen LogP contribution in [0.25, 0.3) is 5.69 Å². The van der Waals surface area contributed by atoms with Crippen LogP contribution in [0.5, 0.6) is 0 Å². The molecule has 2 aliphatic heterocycles. The van der Waals surface area contributed by atoms with Crippen LogP contribution in [0, 0.1) is 29.6 Å². The van der Waals surface area contributed by atoms with Gasteiger partial charge in [0.1, 0.15) is 5.82 Å². The molecule has 5 N–H and O–H groups in total. The topological polar surface area (TPSA) is 123 Å². The fourth-order valence-electron chi connectivity index (χ4n) is 5.83. The van der Waals surface area contributed by atoms with Gasteiger partial charge in [0.25, 0.3) is 0 Å². The Kier molecular flexibility index (Phi) is 4.60. The molecule has 4 aliphatic rings. The summed E-state index contributed by atoms with van der Waals surface area (Å²) in [5, 5.41) is 2.75. The lowest BCUT2D eigenvalue weighted by Gasteiger charge is -2.20. The number of carbonyl (C=O) groups excluding carboxylic acids is 1. The molecule has 32 heavy (non-hydrogen) atoms. The summed E-state index contributed by atoms with van der Waals surface area (Å²) in [5.41, 5.74) is 13.3. The molecular weight excluding hydrogens is 406 g/mol. The van der Waals surface area contributed by atoms with E-state index in [0.29, 0.717) is 42.2 Å². The molecular formula is C23H29N7O2. The number of likely N-dealkylation sites (tertiary alicyclic amines) is 2. The summed E-state index contributed by atoms with van der Waals surface area (Å²) in [4.78, 5) is 33.3. The standard InChI is InChI=1S/C23H29N7O2/c24-7-15-16-11-29(12-17(15)16)22(31)26-20-5-6-30(23(32)27-20)14-3-1-13(2-4-14)8-28-9-18-19(10-28)21(18)25/h1-6,15-19,21H,7-12,24-25H2,(H,26,27,31,32)/t15?,16?,17?,18-,19+,21+. The van der Waals surface area contributed by atoms with Crippen molar-refractivity contribution in [2.45, 2.75) is 12.6 Å². The minimum absolute atomic E-state index is 0.206. The number of benzene rings is 1. The average molecular weight is 436 g/mol. The molecule has 4 fully saturated rings. The fourth-order valence-corrected chi connectivity index (χ4v) is 5.83. The molecule has 3 heterocycles. The first-order chi connectivity index (χ1) is 15.5. The number of aromatic nitrogens is 2. The molecule has 1 aromatic heterocycles. The molecule has 2 aromatic rings. The first kappa shape index (κ1) is 19.9. The number of nitrogens with zero attached hydrogens (tertiary/aromatic N) is 4. The van der Waals surface area contributed by atoms with Crippen molar-refractivity contribution in [1.29, 1.82) is 0 Å². The number of nitrogens with one attached hydrogen (secondary N) is 1. The van der Waals surface area contributed by atoms with Crippen LogP contribution in [0.3, 0.4) is 0 Å². The van der Waals surface area contributed by atoms with Crippen LogP contribution in [0.4, 0.5) is 10.6 Å². The number of nitrogens with two attached hydrogens (primary N) is 2. The smallest absolute Gasteiger partial charge is 0.330 e. The van der Waals surface area contributed by atoms with E-state index in [4.69, 9.17) is 11.5 Å². The number of anilines is 1. The van der Waals surface area contributed by atoms with Gasteiger partial charge in [-0.2, -0.15) is 4.98 Å². The summed E-state index contributed by atoms with van der Waals surface area (Å²) in [6.45, 7) is 5.22. The Bertz CT molecular complexity index is 1080. The Labute approximate surface area is 186 Å². The molecule has 2 saturated carbocycles. The number of hydrogen-bond donors (Lipinski definition) is 3. The van der Waals surface area contributed by atoms with E-state index in [1.54, 1.807) is 17.2 Å². The van der Waals surface area contributed by atoms with Gasteiger partial charge < -0.3 is 16.4 Å². The fraction of sp³-hybridized carbons (Fsp3) is 0.522. The lowest BCUT2D eigenvalue weighted by molar-refractivity contribution is 0.214. The molecule has 9 heteroatoms. The average Bonchev–Trinajstić information content (AvgIpc) is 3.41. The van der Waals surface area contributed by atoms with Gasteiger partial charge in [0, 0.05) is 45.0 Å². The van der Waals surface area contributed by atoms with Crippen LogP contribution in [-0.4, -0.2) is 64.1 Å². The van der Waals surface area contributed by atoms with Crippen LogP contribution < -0.4 is 22.5 Å². The number of piperidine rings is 2. The number of hydrogen-bond acceptors (Lipinski definition) is 6. The van der Waals surface area contributed by atoms with Crippen molar-refractivity contribution in [2.75, 3.05) is 38.0 Å². The minimum Gasteiger partial charge on any atom is -0.330 e. The van der Waals surface area contributed by atoms with Gasteiger partial charge in [-0.3, -0.25) is 14.8 Å². The van der Waals surface area contributed by atoms with Gasteiger partial charge in [0.15, 0.2) is 0 Å². The number of carbonyl (C=O) groups is 1. The maximum atomic E-state index is 12.6. The van der Waals surface area contributed by atoms with Gasteiger partial charge in [-0.25, -0.2) is 9.59 Å². The Hall–Kier alpha value is -2.75. The second-order valence-electron chi connectivity index (χ2n) is 9.79. The van der Waals surface area contributed by atoms with Crippen molar-refractivity contribution in [2.24, 2.45) is 41.1 Å². The molecule has 2 amide bonds. The van der Waals surface area contributed by atoms with Gasteiger partial charge in [-0.15, -0.1) is 0 Å². The van der Waals surface area contributed by atoms with E-state index in [-0.39, 0.29) is 11.8 Å². The summed E-state index contributed by atoms with van der Waals surface area (Å²) < 4.78 is 1.49. The lowest BCUT2D eigenvalue weighted by atomic mass is 10.2. The predicted octanol–water partition coefficient (Wildman–Crippen LogP) is 0.290. The van der Waals surface area contributed by atoms with Crippen LogP contribution in [0.15, 0.2) is 41.3 Å². The molecule has 2 saturated heterocycles. The highest BCUT2D eigenvalue weighted by atomic mass is 16.2. The first-order valence-corrected chi connectivity index (χ1v) is 11.4. The molecule has 5 atom stereocenters. The van der Waals surface area contributed by atoms with Crippen LogP contribution in [-0.2, 0) is 6.54 Å². The summed E-state index contributed by atoms with van der Waals surface area (Å²) in [5.74, 6) is 3.25. The van der Waals surface area contributed by atoms with Crippen molar-refractivity contribution >= 4 is 11.8 Å². The predicted molar refractivity (Wildman–Crippen MR) is 120 cm³/mol. The van der Waals surface area contributed by atoms with Crippen LogP contribution in [0.1, 0.15) is 5.56 Å². The largest absolute Gasteiger partial charge is 0.354 e. The SMILES string of the molecule is NCC1C2CN(C(=O)Nc3ccn(-c4ccc(CN5C[C@@H]6[C@@H](N)[C@@H]6C5)cc4)c(=O)n3)CC12. The Morgan fingerprint density at radius 3 is 2.34 bits per heavy atom. The van der Waals surface area contributed by atoms with E-state index in [1.807, 2.05) is 12.1 Å². The van der Waals surface area contributed by atoms with Gasteiger partial charge in [-0.1, -0.05) is 12.1 Å². The molecule has 1 aromatic carbocycles. The van der Waals surface area contributed by atoms with Crippen molar-refractivity contribution in [3.63, 3.8) is 0 Å². The molecule has 6 rings (SSSR count). The lowest BCUT2D eigenvalue weighted by Crippen LogP contribution is -2.36. The highest BCUT2D eigenvalue weighted by Crippen LogP contribution is 2.50. The molecule has 0 spiro atoms. The van der Waals surface area contributed by atoms with Gasteiger partial charge >= 0.3 is 11.7 Å². The normalized spacial score (nSPS) is 32.5. The van der Waals surface area contributed by atoms with Crippen molar-refractivity contribution in [3.8, 4) is 5.69 Å². The summed E-state index contributed by atoms with van der Waals surface area (Å²) >= 11 is 0. The third kappa shape index (κ3) is 3.41. The Balaban J connectivity index is 1.07. The molecule has 2 aliphatic carbocycles. The minimum atomic E-state index is -0.420. The summed E-state index contributed by atoms with van der Waals surface area (Å²) in [6, 6.07) is 9.83. The molecule has 0 bridgehead atoms. The number of urea groups is 1. The van der Waals surface area contributed by atoms with Gasteiger partial charge in [-0.05, 0) is 59.9 Å². The number of amides is 2. The molecule has 2 unspecified atom stereocenters. The summed E-state index contributed by atoms with van der Waals surface area (Å²) in [6.07, 6.45) is 1.65. The second kappa shape index (κ2) is 7.40. The van der Waals surface area contributed by atoms with E-state index in [0.717, 1.165) is 38.4 Å². The zero-order valence-electron chi connectivity index (χ0n) is 17.9. The number of fused-ring (bicyclic) bond motifs is 2. The van der Waals surface area contributed by atoms with Crippen molar-refractivity contribution < 1.29 is 4.79 Å². The zero-order valence-corrected chi connectivity index (χ0v) is 17.9. The van der Waals surface area contributed by atoms with E-state index < -0.39 is 5.69 Å². The van der Waals surface area contributed by atoms with Crippen LogP contribution in [0.2, 0.25) is 0 Å². The maximum absolute atomic E-state index is 12.6. The van der Waals surface area contributed by atoms with Crippen molar-refractivity contribution in [1.82, 2.24) is 19.4 Å². The van der Waals surface area contributed by atoms with Crippen molar-refractivity contribution in [3.05, 3.63) is 52.6 Å². The second-order valence-corrected chi connectivity index (χ2v) is 9.79. The first-order valence-electron chi connectivity index (χ1n) is 11.4. The third-order valence-corrected chi connectivity index (χ3v) is 7.93. The molecule has 9 nitrogen and oxygen atoms in total. The van der Waals surface area contributed by atoms with E-state index in [1.165, 1.54) is 10.1 Å².